The molecule has 23 heavy (non-hydrogen) atoms. The van der Waals surface area contributed by atoms with Crippen LogP contribution in [0.5, 0.6) is 11.5 Å². The summed E-state index contributed by atoms with van der Waals surface area (Å²) in [6, 6.07) is 8.18. The molecule has 0 saturated carbocycles. The van der Waals surface area contributed by atoms with Gasteiger partial charge in [0, 0.05) is 18.8 Å². The highest BCUT2D eigenvalue weighted by molar-refractivity contribution is 5.98. The van der Waals surface area contributed by atoms with E-state index in [0.29, 0.717) is 17.2 Å². The van der Waals surface area contributed by atoms with Gasteiger partial charge in [-0.05, 0) is 24.3 Å². The first kappa shape index (κ1) is 16.4. The highest BCUT2D eigenvalue weighted by Gasteiger charge is 2.17. The van der Waals surface area contributed by atoms with Crippen LogP contribution in [0.2, 0.25) is 0 Å². The molecule has 7 nitrogen and oxygen atoms in total. The maximum atomic E-state index is 12.0. The van der Waals surface area contributed by atoms with Crippen molar-refractivity contribution in [3.8, 4) is 11.5 Å². The Morgan fingerprint density at radius 1 is 1.17 bits per heavy atom. The van der Waals surface area contributed by atoms with Crippen LogP contribution < -0.4 is 14.8 Å². The smallest absolute Gasteiger partial charge is 0.289 e. The molecule has 0 saturated heterocycles. The summed E-state index contributed by atoms with van der Waals surface area (Å²) in [5.41, 5.74) is 0.548. The van der Waals surface area contributed by atoms with Gasteiger partial charge in [0.1, 0.15) is 0 Å². The monoisotopic (exact) mass is 318 g/mol. The third kappa shape index (κ3) is 4.03. The summed E-state index contributed by atoms with van der Waals surface area (Å²) < 4.78 is 15.3. The number of benzene rings is 1. The van der Waals surface area contributed by atoms with Crippen LogP contribution in [0, 0.1) is 0 Å². The van der Waals surface area contributed by atoms with Crippen LogP contribution in [-0.2, 0) is 4.79 Å². The number of hydrogen-bond donors (Lipinski definition) is 1. The Kier molecular flexibility index (Phi) is 5.24. The van der Waals surface area contributed by atoms with Crippen molar-refractivity contribution < 1.29 is 23.5 Å². The number of hydrogen-bond acceptors (Lipinski definition) is 5. The third-order valence-corrected chi connectivity index (χ3v) is 3.13. The predicted molar refractivity (Wildman–Crippen MR) is 83.8 cm³/mol. The molecule has 0 fully saturated rings. The van der Waals surface area contributed by atoms with Gasteiger partial charge in [0.15, 0.2) is 17.3 Å². The molecule has 1 aromatic carbocycles. The molecule has 122 valence electrons. The lowest BCUT2D eigenvalue weighted by Crippen LogP contribution is -2.34. The summed E-state index contributed by atoms with van der Waals surface area (Å²) in [4.78, 5) is 25.3. The molecule has 7 heteroatoms. The van der Waals surface area contributed by atoms with Crippen LogP contribution in [0.25, 0.3) is 0 Å². The van der Waals surface area contributed by atoms with Crippen LogP contribution in [-0.4, -0.2) is 44.5 Å². The van der Waals surface area contributed by atoms with Gasteiger partial charge < -0.3 is 24.1 Å². The van der Waals surface area contributed by atoms with Gasteiger partial charge in [-0.1, -0.05) is 0 Å². The van der Waals surface area contributed by atoms with E-state index in [1.165, 1.54) is 32.4 Å². The largest absolute Gasteiger partial charge is 0.493 e. The Hall–Kier alpha value is -2.96. The number of likely N-dealkylation sites (N-methyl/N-ethyl adjacent to an activating group) is 1. The molecule has 1 N–H and O–H groups in total. The van der Waals surface area contributed by atoms with Crippen LogP contribution in [0.1, 0.15) is 10.6 Å². The number of carbonyl (C=O) groups is 2. The molecule has 0 unspecified atom stereocenters. The van der Waals surface area contributed by atoms with Crippen molar-refractivity contribution in [1.82, 2.24) is 4.90 Å². The number of anilines is 1. The van der Waals surface area contributed by atoms with E-state index in [0.717, 1.165) is 0 Å². The van der Waals surface area contributed by atoms with Crippen molar-refractivity contribution in [1.29, 1.82) is 0 Å². The van der Waals surface area contributed by atoms with E-state index in [1.807, 2.05) is 0 Å². The summed E-state index contributed by atoms with van der Waals surface area (Å²) in [7, 11) is 4.57. The quantitative estimate of drug-likeness (QED) is 0.881. The van der Waals surface area contributed by atoms with Gasteiger partial charge in [-0.3, -0.25) is 9.59 Å². The molecule has 0 bridgehead atoms. The molecule has 0 aliphatic heterocycles. The maximum absolute atomic E-state index is 12.0. The van der Waals surface area contributed by atoms with Gasteiger partial charge in [0.25, 0.3) is 5.91 Å². The lowest BCUT2D eigenvalue weighted by Gasteiger charge is -2.16. The van der Waals surface area contributed by atoms with Gasteiger partial charge in [-0.25, -0.2) is 0 Å². The second-order valence-corrected chi connectivity index (χ2v) is 4.76. The fourth-order valence-electron chi connectivity index (χ4n) is 1.99. The number of amides is 2. The molecule has 0 spiro atoms. The van der Waals surface area contributed by atoms with Crippen LogP contribution in [0.15, 0.2) is 41.0 Å². The third-order valence-electron chi connectivity index (χ3n) is 3.13. The van der Waals surface area contributed by atoms with Crippen molar-refractivity contribution in [2.45, 2.75) is 0 Å². The Morgan fingerprint density at radius 2 is 1.91 bits per heavy atom. The predicted octanol–water partition coefficient (Wildman–Crippen LogP) is 2.01. The first-order chi connectivity index (χ1) is 11.0. The first-order valence-electron chi connectivity index (χ1n) is 6.86. The number of ether oxygens (including phenoxy) is 2. The Balaban J connectivity index is 1.98. The normalized spacial score (nSPS) is 10.0. The number of furan rings is 1. The lowest BCUT2D eigenvalue weighted by molar-refractivity contribution is -0.116. The van der Waals surface area contributed by atoms with Crippen LogP contribution in [0.4, 0.5) is 5.69 Å². The molecule has 1 aromatic heterocycles. The molecule has 0 aliphatic rings. The van der Waals surface area contributed by atoms with Crippen LogP contribution >= 0.6 is 0 Å². The molecule has 0 aliphatic carbocycles. The highest BCUT2D eigenvalue weighted by atomic mass is 16.5. The van der Waals surface area contributed by atoms with E-state index >= 15 is 0 Å². The molecule has 0 atom stereocenters. The average Bonchev–Trinajstić information content (AvgIpc) is 3.08. The Bertz CT molecular complexity index is 682. The number of rotatable bonds is 6. The SMILES string of the molecule is COc1ccc(NC(=O)CN(C)C(=O)c2ccco2)cc1OC. The van der Waals surface area contributed by atoms with Gasteiger partial charge in [0.2, 0.25) is 5.91 Å². The van der Waals surface area contributed by atoms with E-state index in [4.69, 9.17) is 13.9 Å². The van der Waals surface area contributed by atoms with Gasteiger partial charge in [-0.2, -0.15) is 0 Å². The molecule has 2 amide bonds. The zero-order valence-electron chi connectivity index (χ0n) is 13.2. The van der Waals surface area contributed by atoms with Crippen molar-refractivity contribution in [2.24, 2.45) is 0 Å². The summed E-state index contributed by atoms with van der Waals surface area (Å²) in [6.45, 7) is -0.103. The lowest BCUT2D eigenvalue weighted by atomic mass is 10.2. The Morgan fingerprint density at radius 3 is 2.52 bits per heavy atom. The second kappa shape index (κ2) is 7.35. The molecule has 2 rings (SSSR count). The molecular weight excluding hydrogens is 300 g/mol. The number of nitrogens with zero attached hydrogens (tertiary/aromatic N) is 1. The van der Waals surface area contributed by atoms with Crippen molar-refractivity contribution in [3.63, 3.8) is 0 Å². The minimum atomic E-state index is -0.363. The molecule has 0 radical (unpaired) electrons. The van der Waals surface area contributed by atoms with E-state index < -0.39 is 0 Å². The number of methoxy groups -OCH3 is 2. The first-order valence-corrected chi connectivity index (χ1v) is 6.86. The van der Waals surface area contributed by atoms with Gasteiger partial charge in [-0.15, -0.1) is 0 Å². The van der Waals surface area contributed by atoms with Crippen molar-refractivity contribution >= 4 is 17.5 Å². The van der Waals surface area contributed by atoms with Crippen molar-refractivity contribution in [3.05, 3.63) is 42.4 Å². The van der Waals surface area contributed by atoms with Gasteiger partial charge >= 0.3 is 0 Å². The summed E-state index contributed by atoms with van der Waals surface area (Å²) in [6.07, 6.45) is 1.41. The zero-order valence-corrected chi connectivity index (χ0v) is 13.2. The summed E-state index contributed by atoms with van der Waals surface area (Å²) >= 11 is 0. The van der Waals surface area contributed by atoms with E-state index in [-0.39, 0.29) is 24.1 Å². The minimum absolute atomic E-state index is 0.103. The minimum Gasteiger partial charge on any atom is -0.493 e. The van der Waals surface area contributed by atoms with Crippen LogP contribution in [0.3, 0.4) is 0 Å². The average molecular weight is 318 g/mol. The molecular formula is C16H18N2O5. The molecule has 1 heterocycles. The Labute approximate surface area is 133 Å². The standard InChI is InChI=1S/C16H18N2O5/c1-18(16(20)13-5-4-8-23-13)10-15(19)17-11-6-7-12(21-2)14(9-11)22-3/h4-9H,10H2,1-3H3,(H,17,19). The highest BCUT2D eigenvalue weighted by Crippen LogP contribution is 2.29. The zero-order chi connectivity index (χ0) is 16.8. The summed E-state index contributed by atoms with van der Waals surface area (Å²) in [5, 5.41) is 2.70. The maximum Gasteiger partial charge on any atom is 0.289 e. The van der Waals surface area contributed by atoms with Gasteiger partial charge in [0.05, 0.1) is 27.0 Å². The second-order valence-electron chi connectivity index (χ2n) is 4.76. The fraction of sp³-hybridized carbons (Fsp3) is 0.250. The number of carbonyl (C=O) groups excluding carboxylic acids is 2. The summed E-state index contributed by atoms with van der Waals surface area (Å²) in [5.74, 6) is 0.560. The van der Waals surface area contributed by atoms with E-state index in [1.54, 1.807) is 30.3 Å². The number of nitrogens with one attached hydrogen (secondary N) is 1. The molecule has 2 aromatic rings. The van der Waals surface area contributed by atoms with E-state index in [2.05, 4.69) is 5.32 Å². The van der Waals surface area contributed by atoms with E-state index in [9.17, 15) is 9.59 Å². The topological polar surface area (TPSA) is 81.0 Å². The fourth-order valence-corrected chi connectivity index (χ4v) is 1.99. The van der Waals surface area contributed by atoms with Crippen molar-refractivity contribution in [2.75, 3.05) is 33.1 Å².